The lowest BCUT2D eigenvalue weighted by Crippen LogP contribution is -2.36. The van der Waals surface area contributed by atoms with Crippen LogP contribution in [0.2, 0.25) is 0 Å². The number of aliphatic hydroxyl groups is 1. The number of hydrogen-bond acceptors (Lipinski definition) is 6. The predicted molar refractivity (Wildman–Crippen MR) is 103 cm³/mol. The number of nitrogens with zero attached hydrogens (tertiary/aromatic N) is 3. The average molecular weight is 499 g/mol. The van der Waals surface area contributed by atoms with Crippen molar-refractivity contribution in [2.24, 2.45) is 4.99 Å². The van der Waals surface area contributed by atoms with Crippen molar-refractivity contribution < 1.29 is 19.0 Å². The minimum absolute atomic E-state index is 0.000588. The van der Waals surface area contributed by atoms with Crippen molar-refractivity contribution >= 4 is 43.5 Å². The van der Waals surface area contributed by atoms with Gasteiger partial charge in [0.05, 0.1) is 12.3 Å². The van der Waals surface area contributed by atoms with Crippen molar-refractivity contribution in [1.82, 2.24) is 4.90 Å². The van der Waals surface area contributed by atoms with Crippen LogP contribution in [0.4, 0.5) is 4.39 Å². The average Bonchev–Trinajstić information content (AvgIpc) is 2.90. The van der Waals surface area contributed by atoms with Crippen molar-refractivity contribution in [3.05, 3.63) is 57.1 Å². The number of ether oxygens (including phenoxy) is 1. The maximum absolute atomic E-state index is 13.2. The fourth-order valence-electron chi connectivity index (χ4n) is 2.93. The second-order valence-electron chi connectivity index (χ2n) is 5.78. The highest BCUT2D eigenvalue weighted by Crippen LogP contribution is 2.45. The molecule has 2 heterocycles. The number of aliphatic hydroxyl groups excluding tert-OH is 1. The number of fused-ring (bicyclic) bond motifs is 1. The number of halogens is 3. The summed E-state index contributed by atoms with van der Waals surface area (Å²) >= 11 is 6.97. The molecule has 0 radical (unpaired) electrons. The van der Waals surface area contributed by atoms with Gasteiger partial charge in [-0.1, -0.05) is 44.0 Å². The van der Waals surface area contributed by atoms with E-state index in [1.165, 1.54) is 12.1 Å². The zero-order chi connectivity index (χ0) is 19.7. The van der Waals surface area contributed by atoms with Gasteiger partial charge in [-0.15, -0.1) is 0 Å². The molecule has 3 rings (SSSR count). The molecule has 0 amide bonds. The molecule has 0 aliphatic carbocycles. The van der Waals surface area contributed by atoms with Crippen LogP contribution < -0.4 is 0 Å². The molecule has 27 heavy (non-hydrogen) atoms. The van der Waals surface area contributed by atoms with Gasteiger partial charge in [0, 0.05) is 16.6 Å². The molecule has 0 fully saturated rings. The van der Waals surface area contributed by atoms with Gasteiger partial charge in [-0.25, -0.2) is 14.2 Å². The molecular formula is C18H14Br2FN3O3. The number of carbonyl (C=O) groups excluding carboxylic acids is 1. The molecule has 0 saturated carbocycles. The van der Waals surface area contributed by atoms with Gasteiger partial charge < -0.3 is 14.7 Å². The van der Waals surface area contributed by atoms with Crippen molar-refractivity contribution in [2.75, 3.05) is 6.61 Å². The zero-order valence-corrected chi connectivity index (χ0v) is 17.3. The number of alkyl halides is 1. The van der Waals surface area contributed by atoms with Crippen molar-refractivity contribution in [3.63, 3.8) is 0 Å². The van der Waals surface area contributed by atoms with Crippen molar-refractivity contribution in [3.8, 4) is 6.07 Å². The minimum atomic E-state index is -1.33. The maximum Gasteiger partial charge on any atom is 0.355 e. The van der Waals surface area contributed by atoms with Gasteiger partial charge >= 0.3 is 5.97 Å². The Morgan fingerprint density at radius 3 is 2.70 bits per heavy atom. The Labute approximate surface area is 171 Å². The van der Waals surface area contributed by atoms with Crippen LogP contribution in [0, 0.1) is 17.1 Å². The Balaban J connectivity index is 2.06. The van der Waals surface area contributed by atoms with Gasteiger partial charge in [0.15, 0.2) is 11.4 Å². The molecule has 2 atom stereocenters. The van der Waals surface area contributed by atoms with Gasteiger partial charge in [-0.05, 0) is 24.6 Å². The molecule has 2 aliphatic rings. The van der Waals surface area contributed by atoms with Gasteiger partial charge in [-0.3, -0.25) is 0 Å². The lowest BCUT2D eigenvalue weighted by Gasteiger charge is -2.28. The molecule has 1 N–H and O–H groups in total. The highest BCUT2D eigenvalue weighted by molar-refractivity contribution is 9.14. The third kappa shape index (κ3) is 3.57. The monoisotopic (exact) mass is 497 g/mol. The summed E-state index contributed by atoms with van der Waals surface area (Å²) < 4.78 is 18.7. The molecule has 1 aromatic carbocycles. The topological polar surface area (TPSA) is 85.9 Å². The molecule has 1 aromatic rings. The van der Waals surface area contributed by atoms with Gasteiger partial charge in [0.25, 0.3) is 0 Å². The third-order valence-electron chi connectivity index (χ3n) is 4.13. The highest BCUT2D eigenvalue weighted by atomic mass is 79.9. The van der Waals surface area contributed by atoms with E-state index >= 15 is 0 Å². The van der Waals surface area contributed by atoms with Crippen LogP contribution in [0.25, 0.3) is 0 Å². The van der Waals surface area contributed by atoms with Crippen LogP contribution >= 0.6 is 31.9 Å². The van der Waals surface area contributed by atoms with Crippen LogP contribution in [0.1, 0.15) is 12.5 Å². The van der Waals surface area contributed by atoms with E-state index in [9.17, 15) is 19.6 Å². The SMILES string of the molecule is CCOC(=O)C1=NC(C#N)=C2C(=C(Br)C(Br)N2Cc2ccc(F)cc2)C1O. The summed E-state index contributed by atoms with van der Waals surface area (Å²) in [6, 6.07) is 7.97. The maximum atomic E-state index is 13.2. The smallest absolute Gasteiger partial charge is 0.355 e. The summed E-state index contributed by atoms with van der Waals surface area (Å²) in [5.41, 5.74) is 1.37. The second kappa shape index (κ2) is 7.92. The third-order valence-corrected chi connectivity index (χ3v) is 6.56. The molecule has 2 aliphatic heterocycles. The van der Waals surface area contributed by atoms with E-state index in [4.69, 9.17) is 4.74 Å². The van der Waals surface area contributed by atoms with E-state index in [2.05, 4.69) is 36.9 Å². The van der Waals surface area contributed by atoms with E-state index < -0.39 is 12.1 Å². The summed E-state index contributed by atoms with van der Waals surface area (Å²) in [7, 11) is 0. The number of nitriles is 1. The second-order valence-corrected chi connectivity index (χ2v) is 7.50. The number of aliphatic imine (C=N–C) groups is 1. The Bertz CT molecular complexity index is 919. The summed E-state index contributed by atoms with van der Waals surface area (Å²) in [4.78, 5) is 17.6. The number of esters is 1. The number of rotatable bonds is 4. The van der Waals surface area contributed by atoms with Crippen LogP contribution in [-0.2, 0) is 16.1 Å². The Kier molecular flexibility index (Phi) is 5.79. The van der Waals surface area contributed by atoms with E-state index in [1.54, 1.807) is 24.0 Å². The molecule has 0 aromatic heterocycles. The van der Waals surface area contributed by atoms with Gasteiger partial charge in [0.2, 0.25) is 0 Å². The molecule has 140 valence electrons. The van der Waals surface area contributed by atoms with Gasteiger partial charge in [0.1, 0.15) is 22.9 Å². The summed E-state index contributed by atoms with van der Waals surface area (Å²) in [5, 5.41) is 20.3. The standard InChI is InChI=1S/C18H14Br2FN3O3/c1-2-27-18(26)14-16(25)12-13(19)17(20)24(15(12)11(7-22)23-14)8-9-3-5-10(21)6-4-9/h3-6,16-17,25H,2,8H2,1H3. The first kappa shape index (κ1) is 19.7. The first-order valence-corrected chi connectivity index (χ1v) is 9.73. The molecule has 0 spiro atoms. The number of benzene rings is 1. The van der Waals surface area contributed by atoms with Crippen LogP contribution in [0.3, 0.4) is 0 Å². The van der Waals surface area contributed by atoms with Crippen molar-refractivity contribution in [2.45, 2.75) is 24.5 Å². The highest BCUT2D eigenvalue weighted by Gasteiger charge is 2.44. The Morgan fingerprint density at radius 2 is 2.11 bits per heavy atom. The normalized spacial score (nSPS) is 21.8. The molecular weight excluding hydrogens is 485 g/mol. The number of allylic oxidation sites excluding steroid dienone is 1. The molecule has 0 bridgehead atoms. The molecule has 0 saturated heterocycles. The summed E-state index contributed by atoms with van der Waals surface area (Å²) in [6.07, 6.45) is -1.33. The predicted octanol–water partition coefficient (Wildman–Crippen LogP) is 3.13. The van der Waals surface area contributed by atoms with Crippen LogP contribution in [-0.4, -0.2) is 39.3 Å². The minimum Gasteiger partial charge on any atom is -0.461 e. The first-order chi connectivity index (χ1) is 12.9. The summed E-state index contributed by atoms with van der Waals surface area (Å²) in [6.45, 7) is 2.11. The van der Waals surface area contributed by atoms with Gasteiger partial charge in [-0.2, -0.15) is 5.26 Å². The molecule has 6 nitrogen and oxygen atoms in total. The van der Waals surface area contributed by atoms with E-state index in [-0.39, 0.29) is 28.8 Å². The fraction of sp³-hybridized carbons (Fsp3) is 0.278. The van der Waals surface area contributed by atoms with E-state index in [1.807, 2.05) is 6.07 Å². The van der Waals surface area contributed by atoms with Crippen molar-refractivity contribution in [1.29, 1.82) is 5.26 Å². The number of carbonyl (C=O) groups is 1. The Morgan fingerprint density at radius 1 is 1.44 bits per heavy atom. The first-order valence-electron chi connectivity index (χ1n) is 8.02. The quantitative estimate of drug-likeness (QED) is 0.391. The molecule has 9 heteroatoms. The number of hydrogen-bond donors (Lipinski definition) is 1. The summed E-state index contributed by atoms with van der Waals surface area (Å²) in [5.74, 6) is -1.11. The molecule has 2 unspecified atom stereocenters. The largest absolute Gasteiger partial charge is 0.461 e. The Hall–Kier alpha value is -2.02. The van der Waals surface area contributed by atoms with Crippen LogP contribution in [0.15, 0.2) is 50.7 Å². The lowest BCUT2D eigenvalue weighted by atomic mass is 9.98. The fourth-order valence-corrected chi connectivity index (χ4v) is 4.18. The van der Waals surface area contributed by atoms with Crippen LogP contribution in [0.5, 0.6) is 0 Å². The van der Waals surface area contributed by atoms with E-state index in [0.29, 0.717) is 22.3 Å². The zero-order valence-electron chi connectivity index (χ0n) is 14.1. The van der Waals surface area contributed by atoms with E-state index in [0.717, 1.165) is 5.56 Å². The lowest BCUT2D eigenvalue weighted by molar-refractivity contribution is -0.135.